The molecule has 1 aliphatic carbocycles. The number of amides is 2. The Morgan fingerprint density at radius 2 is 1.88 bits per heavy atom. The molecule has 34 heavy (non-hydrogen) atoms. The molecule has 0 saturated heterocycles. The summed E-state index contributed by atoms with van der Waals surface area (Å²) in [5.74, 6) is 0.422. The Hall–Kier alpha value is -3.31. The number of hydrogen-bond acceptors (Lipinski definition) is 3. The second kappa shape index (κ2) is 9.51. The molecule has 3 aromatic rings. The predicted octanol–water partition coefficient (Wildman–Crippen LogP) is 6.17. The van der Waals surface area contributed by atoms with Gasteiger partial charge in [-0.05, 0) is 67.1 Å². The van der Waals surface area contributed by atoms with Crippen molar-refractivity contribution in [3.63, 3.8) is 0 Å². The van der Waals surface area contributed by atoms with E-state index in [-0.39, 0.29) is 17.9 Å². The first-order valence-corrected chi connectivity index (χ1v) is 12.2. The SMILES string of the molecule is CC[C@@H]1Oc2ccc(NC(=O)c3ccccc3Cl)cc2CN([C@H]2CCCc3ccccc32)C1=O. The average Bonchev–Trinajstić information content (AvgIpc) is 2.99. The number of anilines is 1. The van der Waals surface area contributed by atoms with E-state index in [4.69, 9.17) is 16.3 Å². The van der Waals surface area contributed by atoms with Gasteiger partial charge in [-0.15, -0.1) is 0 Å². The molecule has 5 nitrogen and oxygen atoms in total. The van der Waals surface area contributed by atoms with Crippen LogP contribution in [-0.4, -0.2) is 22.8 Å². The lowest BCUT2D eigenvalue weighted by molar-refractivity contribution is -0.141. The van der Waals surface area contributed by atoms with Crippen molar-refractivity contribution in [1.82, 2.24) is 4.90 Å². The smallest absolute Gasteiger partial charge is 0.264 e. The maximum Gasteiger partial charge on any atom is 0.264 e. The van der Waals surface area contributed by atoms with Crippen molar-refractivity contribution in [3.05, 3.63) is 94.0 Å². The third-order valence-corrected chi connectivity index (χ3v) is 7.02. The third-order valence-electron chi connectivity index (χ3n) is 6.69. The summed E-state index contributed by atoms with van der Waals surface area (Å²) in [6, 6.07) is 20.9. The number of carbonyl (C=O) groups is 2. The highest BCUT2D eigenvalue weighted by Gasteiger charge is 2.36. The van der Waals surface area contributed by atoms with Crippen molar-refractivity contribution >= 4 is 29.1 Å². The lowest BCUT2D eigenvalue weighted by Gasteiger charge is -2.36. The van der Waals surface area contributed by atoms with Crippen molar-refractivity contribution in [2.45, 2.75) is 51.3 Å². The van der Waals surface area contributed by atoms with E-state index in [1.54, 1.807) is 30.3 Å². The van der Waals surface area contributed by atoms with Crippen molar-refractivity contribution in [2.24, 2.45) is 0 Å². The Morgan fingerprint density at radius 1 is 1.09 bits per heavy atom. The van der Waals surface area contributed by atoms with Crippen LogP contribution in [0.25, 0.3) is 0 Å². The van der Waals surface area contributed by atoms with Gasteiger partial charge >= 0.3 is 0 Å². The summed E-state index contributed by atoms with van der Waals surface area (Å²) in [5.41, 5.74) is 4.47. The van der Waals surface area contributed by atoms with Gasteiger partial charge in [0.25, 0.3) is 11.8 Å². The average molecular weight is 475 g/mol. The largest absolute Gasteiger partial charge is 0.480 e. The van der Waals surface area contributed by atoms with Gasteiger partial charge in [-0.25, -0.2) is 0 Å². The first kappa shape index (κ1) is 22.5. The summed E-state index contributed by atoms with van der Waals surface area (Å²) < 4.78 is 6.17. The molecule has 2 aliphatic rings. The molecule has 5 rings (SSSR count). The number of hydrogen-bond donors (Lipinski definition) is 1. The first-order valence-electron chi connectivity index (χ1n) is 11.8. The molecule has 2 atom stereocenters. The van der Waals surface area contributed by atoms with Gasteiger partial charge in [0.1, 0.15) is 5.75 Å². The minimum Gasteiger partial charge on any atom is -0.480 e. The minimum absolute atomic E-state index is 0.0158. The standard InChI is InChI=1S/C28H27ClN2O3/c1-2-25-28(33)31(24-13-7-9-18-8-3-4-10-21(18)24)17-19-16-20(14-15-26(19)34-25)30-27(32)22-11-5-6-12-23(22)29/h3-6,8,10-12,14-16,24-25H,2,7,9,13,17H2,1H3,(H,30,32)/t24-,25-/m0/s1. The van der Waals surface area contributed by atoms with Gasteiger partial charge in [-0.3, -0.25) is 9.59 Å². The summed E-state index contributed by atoms with van der Waals surface area (Å²) >= 11 is 6.19. The zero-order valence-corrected chi connectivity index (χ0v) is 19.8. The number of halogens is 1. The maximum atomic E-state index is 13.6. The van der Waals surface area contributed by atoms with Crippen molar-refractivity contribution in [3.8, 4) is 5.75 Å². The Balaban J connectivity index is 1.47. The van der Waals surface area contributed by atoms with Gasteiger partial charge in [0.05, 0.1) is 23.2 Å². The van der Waals surface area contributed by atoms with Gasteiger partial charge < -0.3 is 15.0 Å². The Morgan fingerprint density at radius 3 is 2.71 bits per heavy atom. The fraction of sp³-hybridized carbons (Fsp3) is 0.286. The number of fused-ring (bicyclic) bond motifs is 2. The molecule has 0 fully saturated rings. The lowest BCUT2D eigenvalue weighted by Crippen LogP contribution is -2.42. The minimum atomic E-state index is -0.529. The van der Waals surface area contributed by atoms with Crippen LogP contribution in [0.1, 0.15) is 59.3 Å². The fourth-order valence-corrected chi connectivity index (χ4v) is 5.18. The molecule has 0 unspecified atom stereocenters. The molecule has 0 radical (unpaired) electrons. The van der Waals surface area contributed by atoms with E-state index in [9.17, 15) is 9.59 Å². The number of carbonyl (C=O) groups excluding carboxylic acids is 2. The third kappa shape index (κ3) is 4.28. The molecule has 174 valence electrons. The molecule has 3 aromatic carbocycles. The molecule has 2 amide bonds. The first-order chi connectivity index (χ1) is 16.5. The summed E-state index contributed by atoms with van der Waals surface area (Å²) in [4.78, 5) is 28.3. The molecule has 0 spiro atoms. The molecule has 0 saturated carbocycles. The number of aryl methyl sites for hydroxylation is 1. The second-order valence-electron chi connectivity index (χ2n) is 8.84. The van der Waals surface area contributed by atoms with E-state index in [1.807, 2.05) is 30.0 Å². The van der Waals surface area contributed by atoms with Crippen LogP contribution in [-0.2, 0) is 17.8 Å². The van der Waals surface area contributed by atoms with Crippen molar-refractivity contribution in [2.75, 3.05) is 5.32 Å². The zero-order chi connectivity index (χ0) is 23.7. The lowest BCUT2D eigenvalue weighted by atomic mass is 9.86. The maximum absolute atomic E-state index is 13.6. The molecule has 1 N–H and O–H groups in total. The molecule has 6 heteroatoms. The molecular weight excluding hydrogens is 448 g/mol. The van der Waals surface area contributed by atoms with Crippen LogP contribution >= 0.6 is 11.6 Å². The Kier molecular flexibility index (Phi) is 6.29. The number of rotatable bonds is 4. The predicted molar refractivity (Wildman–Crippen MR) is 133 cm³/mol. The van der Waals surface area contributed by atoms with Gasteiger partial charge in [0, 0.05) is 11.3 Å². The highest BCUT2D eigenvalue weighted by molar-refractivity contribution is 6.34. The highest BCUT2D eigenvalue weighted by atomic mass is 35.5. The van der Waals surface area contributed by atoms with Crippen LogP contribution in [0, 0.1) is 0 Å². The normalized spacial score (nSPS) is 19.5. The van der Waals surface area contributed by atoms with Gasteiger partial charge in [-0.1, -0.05) is 54.9 Å². The highest BCUT2D eigenvalue weighted by Crippen LogP contribution is 2.39. The van der Waals surface area contributed by atoms with Crippen molar-refractivity contribution in [1.29, 1.82) is 0 Å². The fourth-order valence-electron chi connectivity index (χ4n) is 4.96. The topological polar surface area (TPSA) is 58.6 Å². The van der Waals surface area contributed by atoms with Gasteiger partial charge in [-0.2, -0.15) is 0 Å². The zero-order valence-electron chi connectivity index (χ0n) is 19.1. The van der Waals surface area contributed by atoms with Crippen LogP contribution < -0.4 is 10.1 Å². The summed E-state index contributed by atoms with van der Waals surface area (Å²) in [6.07, 6.45) is 3.08. The van der Waals surface area contributed by atoms with Gasteiger partial charge in [0.15, 0.2) is 6.10 Å². The van der Waals surface area contributed by atoms with Crippen LogP contribution in [0.3, 0.4) is 0 Å². The Bertz CT molecular complexity index is 1240. The Labute approximate surface area is 204 Å². The summed E-state index contributed by atoms with van der Waals surface area (Å²) in [5, 5.41) is 3.33. The number of ether oxygens (including phenoxy) is 1. The number of nitrogens with one attached hydrogen (secondary N) is 1. The second-order valence-corrected chi connectivity index (χ2v) is 9.25. The van der Waals surface area contributed by atoms with E-state index < -0.39 is 6.10 Å². The number of nitrogens with zero attached hydrogens (tertiary/aromatic N) is 1. The number of benzene rings is 3. The van der Waals surface area contributed by atoms with Crippen LogP contribution in [0.5, 0.6) is 5.75 Å². The molecule has 1 aliphatic heterocycles. The molecule has 1 heterocycles. The summed E-state index contributed by atoms with van der Waals surface area (Å²) in [6.45, 7) is 2.40. The monoisotopic (exact) mass is 474 g/mol. The van der Waals surface area contributed by atoms with Crippen LogP contribution in [0.2, 0.25) is 5.02 Å². The van der Waals surface area contributed by atoms with E-state index >= 15 is 0 Å². The van der Waals surface area contributed by atoms with E-state index in [1.165, 1.54) is 11.1 Å². The van der Waals surface area contributed by atoms with E-state index in [2.05, 4.69) is 23.5 Å². The molecule has 0 bridgehead atoms. The van der Waals surface area contributed by atoms with Crippen LogP contribution in [0.15, 0.2) is 66.7 Å². The van der Waals surface area contributed by atoms with E-state index in [0.717, 1.165) is 24.8 Å². The molecular formula is C28H27ClN2O3. The quantitative estimate of drug-likeness (QED) is 0.492. The van der Waals surface area contributed by atoms with Crippen LogP contribution in [0.4, 0.5) is 5.69 Å². The van der Waals surface area contributed by atoms with E-state index in [0.29, 0.717) is 35.0 Å². The van der Waals surface area contributed by atoms with Crippen molar-refractivity contribution < 1.29 is 14.3 Å². The van der Waals surface area contributed by atoms with Gasteiger partial charge in [0.2, 0.25) is 0 Å². The summed E-state index contributed by atoms with van der Waals surface area (Å²) in [7, 11) is 0. The molecule has 0 aromatic heterocycles.